The second-order valence-corrected chi connectivity index (χ2v) is 6.54. The number of anilines is 1. The van der Waals surface area contributed by atoms with Gasteiger partial charge in [-0.2, -0.15) is 0 Å². The fourth-order valence-corrected chi connectivity index (χ4v) is 2.75. The largest absolute Gasteiger partial charge is 0.398 e. The molecule has 0 saturated heterocycles. The summed E-state index contributed by atoms with van der Waals surface area (Å²) in [6, 6.07) is 2.83. The van der Waals surface area contributed by atoms with E-state index >= 15 is 0 Å². The Morgan fingerprint density at radius 3 is 2.47 bits per heavy atom. The van der Waals surface area contributed by atoms with E-state index in [0.717, 1.165) is 0 Å². The van der Waals surface area contributed by atoms with E-state index in [4.69, 9.17) is 17.3 Å². The summed E-state index contributed by atoms with van der Waals surface area (Å²) in [5.74, 6) is 0.239. The van der Waals surface area contributed by atoms with E-state index in [2.05, 4.69) is 4.72 Å². The van der Waals surface area contributed by atoms with Crippen molar-refractivity contribution in [1.82, 2.24) is 4.72 Å². The Labute approximate surface area is 107 Å². The molecule has 0 fully saturated rings. The number of nitrogens with one attached hydrogen (secondary N) is 1. The van der Waals surface area contributed by atoms with Crippen molar-refractivity contribution in [1.29, 1.82) is 0 Å². The van der Waals surface area contributed by atoms with E-state index in [0.29, 0.717) is 22.8 Å². The summed E-state index contributed by atoms with van der Waals surface area (Å²) in [4.78, 5) is 0.103. The molecule has 0 aliphatic carbocycles. The Balaban J connectivity index is 3.08. The van der Waals surface area contributed by atoms with Crippen molar-refractivity contribution in [3.63, 3.8) is 0 Å². The summed E-state index contributed by atoms with van der Waals surface area (Å²) < 4.78 is 26.4. The fourth-order valence-electron chi connectivity index (χ4n) is 1.19. The molecule has 0 aliphatic heterocycles. The maximum absolute atomic E-state index is 11.9. The molecule has 1 aromatic rings. The van der Waals surface area contributed by atoms with E-state index in [1.807, 2.05) is 13.8 Å². The lowest BCUT2D eigenvalue weighted by molar-refractivity contribution is 0.560. The van der Waals surface area contributed by atoms with Gasteiger partial charge in [-0.1, -0.05) is 25.4 Å². The van der Waals surface area contributed by atoms with Gasteiger partial charge in [0.15, 0.2) is 0 Å². The average molecular weight is 277 g/mol. The van der Waals surface area contributed by atoms with E-state index in [-0.39, 0.29) is 10.8 Å². The molecule has 0 saturated carbocycles. The van der Waals surface area contributed by atoms with E-state index in [1.54, 1.807) is 6.92 Å². The fraction of sp³-hybridized carbons (Fsp3) is 0.455. The molecule has 3 N–H and O–H groups in total. The molecule has 6 heteroatoms. The van der Waals surface area contributed by atoms with Crippen LogP contribution < -0.4 is 10.5 Å². The van der Waals surface area contributed by atoms with E-state index in [1.165, 1.54) is 12.1 Å². The van der Waals surface area contributed by atoms with Crippen LogP contribution in [0.3, 0.4) is 0 Å². The van der Waals surface area contributed by atoms with E-state index in [9.17, 15) is 8.42 Å². The normalized spacial score (nSPS) is 12.1. The summed E-state index contributed by atoms with van der Waals surface area (Å²) in [5, 5.41) is 0.356. The van der Waals surface area contributed by atoms with Crippen molar-refractivity contribution < 1.29 is 8.42 Å². The quantitative estimate of drug-likeness (QED) is 0.828. The lowest BCUT2D eigenvalue weighted by Crippen LogP contribution is -2.27. The van der Waals surface area contributed by atoms with Crippen LogP contribution in [-0.2, 0) is 10.0 Å². The van der Waals surface area contributed by atoms with Crippen LogP contribution >= 0.6 is 11.6 Å². The van der Waals surface area contributed by atoms with Gasteiger partial charge in [0.2, 0.25) is 10.0 Å². The minimum absolute atomic E-state index is 0.103. The number of sulfonamides is 1. The Morgan fingerprint density at radius 1 is 1.41 bits per heavy atom. The van der Waals surface area contributed by atoms with Crippen LogP contribution in [0.5, 0.6) is 0 Å². The molecule has 1 aromatic carbocycles. The van der Waals surface area contributed by atoms with Crippen LogP contribution in [0.25, 0.3) is 0 Å². The zero-order valence-corrected chi connectivity index (χ0v) is 11.7. The number of benzene rings is 1. The van der Waals surface area contributed by atoms with Gasteiger partial charge in [-0.25, -0.2) is 13.1 Å². The predicted octanol–water partition coefficient (Wildman–Crippen LogP) is 2.16. The number of nitrogens with two attached hydrogens (primary N) is 1. The van der Waals surface area contributed by atoms with Crippen molar-refractivity contribution >= 4 is 27.3 Å². The summed E-state index contributed by atoms with van der Waals surface area (Å²) in [5.41, 5.74) is 6.76. The summed E-state index contributed by atoms with van der Waals surface area (Å²) in [7, 11) is -3.53. The Bertz CT molecular complexity index is 489. The maximum Gasteiger partial charge on any atom is 0.240 e. The van der Waals surface area contributed by atoms with Gasteiger partial charge in [-0.3, -0.25) is 0 Å². The van der Waals surface area contributed by atoms with Crippen molar-refractivity contribution in [2.24, 2.45) is 5.92 Å². The molecule has 0 amide bonds. The van der Waals surface area contributed by atoms with Crippen molar-refractivity contribution in [2.75, 3.05) is 12.3 Å². The van der Waals surface area contributed by atoms with Crippen molar-refractivity contribution in [3.05, 3.63) is 22.7 Å². The van der Waals surface area contributed by atoms with Crippen LogP contribution in [0.4, 0.5) is 5.69 Å². The Kier molecular flexibility index (Phi) is 4.41. The highest BCUT2D eigenvalue weighted by Gasteiger charge is 2.16. The highest BCUT2D eigenvalue weighted by atomic mass is 35.5. The van der Waals surface area contributed by atoms with Gasteiger partial charge in [0, 0.05) is 17.3 Å². The first-order chi connectivity index (χ1) is 7.74. The van der Waals surface area contributed by atoms with Gasteiger partial charge in [0.1, 0.15) is 0 Å². The third kappa shape index (κ3) is 3.59. The molecular formula is C11H17ClN2O2S. The zero-order valence-electron chi connectivity index (χ0n) is 10.1. The Hall–Kier alpha value is -0.780. The standard InChI is InChI=1S/C11H17ClN2O2S/c1-7(2)6-14-17(15,16)9-4-10(12)8(3)11(13)5-9/h4-5,7,14H,6,13H2,1-3H3. The molecule has 17 heavy (non-hydrogen) atoms. The molecule has 1 rings (SSSR count). The molecule has 0 unspecified atom stereocenters. The van der Waals surface area contributed by atoms with E-state index < -0.39 is 10.0 Å². The molecule has 0 heterocycles. The average Bonchev–Trinajstić information content (AvgIpc) is 2.22. The van der Waals surface area contributed by atoms with Gasteiger partial charge in [-0.05, 0) is 30.5 Å². The minimum Gasteiger partial charge on any atom is -0.398 e. The number of nitrogen functional groups attached to an aromatic ring is 1. The van der Waals surface area contributed by atoms with Crippen molar-refractivity contribution in [3.8, 4) is 0 Å². The zero-order chi connectivity index (χ0) is 13.2. The topological polar surface area (TPSA) is 72.2 Å². The highest BCUT2D eigenvalue weighted by Crippen LogP contribution is 2.25. The first kappa shape index (κ1) is 14.3. The SMILES string of the molecule is Cc1c(N)cc(S(=O)(=O)NCC(C)C)cc1Cl. The lowest BCUT2D eigenvalue weighted by Gasteiger charge is -2.11. The van der Waals surface area contributed by atoms with Gasteiger partial charge >= 0.3 is 0 Å². The molecule has 0 radical (unpaired) electrons. The Morgan fingerprint density at radius 2 is 2.00 bits per heavy atom. The van der Waals surface area contributed by atoms with Crippen LogP contribution in [0.1, 0.15) is 19.4 Å². The van der Waals surface area contributed by atoms with Crippen LogP contribution in [0.15, 0.2) is 17.0 Å². The predicted molar refractivity (Wildman–Crippen MR) is 70.6 cm³/mol. The first-order valence-corrected chi connectivity index (χ1v) is 7.15. The molecule has 0 spiro atoms. The van der Waals surface area contributed by atoms with Crippen LogP contribution in [0, 0.1) is 12.8 Å². The van der Waals surface area contributed by atoms with Crippen molar-refractivity contribution in [2.45, 2.75) is 25.7 Å². The van der Waals surface area contributed by atoms with Gasteiger partial charge in [0.05, 0.1) is 4.90 Å². The van der Waals surface area contributed by atoms with Gasteiger partial charge in [-0.15, -0.1) is 0 Å². The number of halogens is 1. The second-order valence-electron chi connectivity index (χ2n) is 4.37. The number of hydrogen-bond donors (Lipinski definition) is 2. The monoisotopic (exact) mass is 276 g/mol. The molecular weight excluding hydrogens is 260 g/mol. The number of hydrogen-bond acceptors (Lipinski definition) is 3. The summed E-state index contributed by atoms with van der Waals surface area (Å²) in [6.07, 6.45) is 0. The molecule has 0 bridgehead atoms. The summed E-state index contributed by atoms with van der Waals surface area (Å²) in [6.45, 7) is 5.99. The molecule has 4 nitrogen and oxygen atoms in total. The summed E-state index contributed by atoms with van der Waals surface area (Å²) >= 11 is 5.92. The lowest BCUT2D eigenvalue weighted by atomic mass is 10.2. The van der Waals surface area contributed by atoms with Gasteiger partial charge < -0.3 is 5.73 Å². The molecule has 0 aromatic heterocycles. The molecule has 96 valence electrons. The number of rotatable bonds is 4. The van der Waals surface area contributed by atoms with Gasteiger partial charge in [0.25, 0.3) is 0 Å². The molecule has 0 atom stereocenters. The maximum atomic E-state index is 11.9. The first-order valence-electron chi connectivity index (χ1n) is 5.29. The molecule has 0 aliphatic rings. The highest BCUT2D eigenvalue weighted by molar-refractivity contribution is 7.89. The van der Waals surface area contributed by atoms with Crippen LogP contribution in [-0.4, -0.2) is 15.0 Å². The smallest absolute Gasteiger partial charge is 0.240 e. The minimum atomic E-state index is -3.53. The third-order valence-electron chi connectivity index (χ3n) is 2.35. The van der Waals surface area contributed by atoms with Crippen LogP contribution in [0.2, 0.25) is 5.02 Å². The third-order valence-corrected chi connectivity index (χ3v) is 4.15. The second kappa shape index (κ2) is 5.25.